The lowest BCUT2D eigenvalue weighted by Crippen LogP contribution is -2.42. The SMILES string of the molecule is C[C@@H](COS(=O)(=O)c1ccc(OCCCCCCCCCO[Si](C)(C)C(C)(C)C)cc1)[C@H]1CC[C@H]2[C@@H](O)CCC[C@]12C. The standard InChI is InChI=1S/C34H60O6SSi/c1-27(30-21-22-31-32(35)16-15-23-34(30,31)5)26-39-41(36,37)29-19-17-28(18-20-29)38-24-13-11-9-8-10-12-14-25-40-42(6,7)33(2,3)4/h17-20,27,30-32,35H,8-16,21-26H2,1-7H3/t27-,30+,31-,32-,34+/m0/s1. The number of aliphatic hydroxyl groups is 1. The molecular weight excluding hydrogens is 565 g/mol. The van der Waals surface area contributed by atoms with Crippen LogP contribution in [0.1, 0.15) is 112 Å². The Morgan fingerprint density at radius 2 is 1.55 bits per heavy atom. The van der Waals surface area contributed by atoms with Gasteiger partial charge >= 0.3 is 0 Å². The molecular formula is C34H60O6SSi. The van der Waals surface area contributed by atoms with Crippen LogP contribution in [0.25, 0.3) is 0 Å². The molecule has 0 radical (unpaired) electrons. The monoisotopic (exact) mass is 624 g/mol. The fraction of sp³-hybridized carbons (Fsp3) is 0.824. The van der Waals surface area contributed by atoms with Gasteiger partial charge in [-0.2, -0.15) is 8.42 Å². The Morgan fingerprint density at radius 3 is 2.17 bits per heavy atom. The molecule has 2 aliphatic carbocycles. The Bertz CT molecular complexity index is 1050. The van der Waals surface area contributed by atoms with Crippen molar-refractivity contribution in [3.8, 4) is 5.75 Å². The van der Waals surface area contributed by atoms with Crippen molar-refractivity contribution in [1.29, 1.82) is 0 Å². The number of ether oxygens (including phenoxy) is 1. The normalized spacial score (nSPS) is 25.8. The molecule has 0 heterocycles. The van der Waals surface area contributed by atoms with E-state index in [-0.39, 0.29) is 34.0 Å². The zero-order valence-electron chi connectivity index (χ0n) is 27.6. The Labute approximate surface area is 258 Å². The van der Waals surface area contributed by atoms with E-state index in [2.05, 4.69) is 47.7 Å². The van der Waals surface area contributed by atoms with Gasteiger partial charge in [0.05, 0.1) is 24.2 Å². The van der Waals surface area contributed by atoms with Crippen molar-refractivity contribution < 1.29 is 26.9 Å². The van der Waals surface area contributed by atoms with E-state index in [4.69, 9.17) is 13.3 Å². The average Bonchev–Trinajstić information content (AvgIpc) is 3.28. The van der Waals surface area contributed by atoms with Crippen molar-refractivity contribution >= 4 is 18.4 Å². The van der Waals surface area contributed by atoms with Crippen molar-refractivity contribution in [3.05, 3.63) is 24.3 Å². The van der Waals surface area contributed by atoms with Crippen LogP contribution in [0, 0.1) is 23.2 Å². The lowest BCUT2D eigenvalue weighted by Gasteiger charge is -2.45. The van der Waals surface area contributed by atoms with Gasteiger partial charge in [0, 0.05) is 6.61 Å². The molecule has 2 fully saturated rings. The molecule has 2 saturated carbocycles. The number of hydrogen-bond donors (Lipinski definition) is 1. The largest absolute Gasteiger partial charge is 0.494 e. The Kier molecular flexibility index (Phi) is 13.0. The molecule has 1 aromatic rings. The first-order valence-corrected chi connectivity index (χ1v) is 20.9. The summed E-state index contributed by atoms with van der Waals surface area (Å²) in [4.78, 5) is 0.167. The summed E-state index contributed by atoms with van der Waals surface area (Å²) in [6.45, 7) is 17.6. The van der Waals surface area contributed by atoms with Crippen LogP contribution in [-0.2, 0) is 18.7 Å². The van der Waals surface area contributed by atoms with Gasteiger partial charge in [0.25, 0.3) is 10.1 Å². The predicted molar refractivity (Wildman–Crippen MR) is 174 cm³/mol. The second-order valence-corrected chi connectivity index (χ2v) is 21.3. The molecule has 0 aromatic heterocycles. The van der Waals surface area contributed by atoms with Gasteiger partial charge in [-0.05, 0) is 104 Å². The molecule has 0 bridgehead atoms. The maximum Gasteiger partial charge on any atom is 0.296 e. The van der Waals surface area contributed by atoms with E-state index >= 15 is 0 Å². The summed E-state index contributed by atoms with van der Waals surface area (Å²) in [6, 6.07) is 6.60. The van der Waals surface area contributed by atoms with Gasteiger partial charge in [0.2, 0.25) is 0 Å². The summed E-state index contributed by atoms with van der Waals surface area (Å²) in [7, 11) is -5.44. The fourth-order valence-corrected chi connectivity index (χ4v) is 9.12. The number of fused-ring (bicyclic) bond motifs is 1. The Morgan fingerprint density at radius 1 is 0.952 bits per heavy atom. The number of aliphatic hydroxyl groups excluding tert-OH is 1. The van der Waals surface area contributed by atoms with Gasteiger partial charge in [0.15, 0.2) is 8.32 Å². The molecule has 1 N–H and O–H groups in total. The second-order valence-electron chi connectivity index (χ2n) is 14.9. The third kappa shape index (κ3) is 9.53. The maximum absolute atomic E-state index is 12.9. The molecule has 6 nitrogen and oxygen atoms in total. The zero-order chi connectivity index (χ0) is 31.0. The minimum Gasteiger partial charge on any atom is -0.494 e. The molecule has 0 amide bonds. The summed E-state index contributed by atoms with van der Waals surface area (Å²) >= 11 is 0. The molecule has 5 atom stereocenters. The van der Waals surface area contributed by atoms with Crippen molar-refractivity contribution in [1.82, 2.24) is 0 Å². The molecule has 2 aliphatic rings. The summed E-state index contributed by atoms with van der Waals surface area (Å²) in [5, 5.41) is 10.8. The second kappa shape index (κ2) is 15.4. The minimum atomic E-state index is -3.83. The molecule has 42 heavy (non-hydrogen) atoms. The van der Waals surface area contributed by atoms with E-state index in [0.29, 0.717) is 24.2 Å². The molecule has 0 spiro atoms. The Hall–Kier alpha value is -0.933. The molecule has 8 heteroatoms. The predicted octanol–water partition coefficient (Wildman–Crippen LogP) is 8.74. The molecule has 3 rings (SSSR count). The van der Waals surface area contributed by atoms with Crippen LogP contribution in [0.4, 0.5) is 0 Å². The quantitative estimate of drug-likeness (QED) is 0.106. The first-order valence-electron chi connectivity index (χ1n) is 16.6. The highest BCUT2D eigenvalue weighted by molar-refractivity contribution is 7.86. The lowest BCUT2D eigenvalue weighted by atomic mass is 9.62. The van der Waals surface area contributed by atoms with Crippen LogP contribution in [0.15, 0.2) is 29.2 Å². The van der Waals surface area contributed by atoms with Gasteiger partial charge in [-0.3, -0.25) is 4.18 Å². The van der Waals surface area contributed by atoms with Gasteiger partial charge in [-0.1, -0.05) is 73.1 Å². The van der Waals surface area contributed by atoms with Gasteiger partial charge in [-0.15, -0.1) is 0 Å². The highest BCUT2D eigenvalue weighted by atomic mass is 32.2. The number of unbranched alkanes of at least 4 members (excludes halogenated alkanes) is 6. The van der Waals surface area contributed by atoms with Crippen LogP contribution < -0.4 is 4.74 Å². The molecule has 0 saturated heterocycles. The number of rotatable bonds is 17. The summed E-state index contributed by atoms with van der Waals surface area (Å²) in [6.07, 6.45) is 13.1. The molecule has 0 aliphatic heterocycles. The van der Waals surface area contributed by atoms with Crippen molar-refractivity contribution in [2.24, 2.45) is 23.2 Å². The van der Waals surface area contributed by atoms with E-state index < -0.39 is 18.4 Å². The van der Waals surface area contributed by atoms with Gasteiger partial charge in [-0.25, -0.2) is 0 Å². The third-order valence-corrected chi connectivity index (χ3v) is 16.6. The molecule has 0 unspecified atom stereocenters. The first kappa shape index (κ1) is 35.5. The van der Waals surface area contributed by atoms with E-state index in [1.165, 1.54) is 25.7 Å². The van der Waals surface area contributed by atoms with E-state index in [1.807, 2.05) is 0 Å². The van der Waals surface area contributed by atoms with Crippen LogP contribution >= 0.6 is 0 Å². The van der Waals surface area contributed by atoms with Crippen LogP contribution in [0.3, 0.4) is 0 Å². The zero-order valence-corrected chi connectivity index (χ0v) is 29.4. The van der Waals surface area contributed by atoms with E-state index in [0.717, 1.165) is 58.0 Å². The summed E-state index contributed by atoms with van der Waals surface area (Å²) < 4.78 is 43.5. The van der Waals surface area contributed by atoms with Crippen LogP contribution in [0.5, 0.6) is 5.75 Å². The van der Waals surface area contributed by atoms with Gasteiger partial charge in [0.1, 0.15) is 5.75 Å². The first-order chi connectivity index (χ1) is 19.7. The van der Waals surface area contributed by atoms with Crippen molar-refractivity contribution in [2.45, 2.75) is 141 Å². The van der Waals surface area contributed by atoms with E-state index in [1.54, 1.807) is 24.3 Å². The molecule has 242 valence electrons. The molecule has 1 aromatic carbocycles. The number of hydrogen-bond acceptors (Lipinski definition) is 6. The smallest absolute Gasteiger partial charge is 0.296 e. The van der Waals surface area contributed by atoms with Crippen molar-refractivity contribution in [3.63, 3.8) is 0 Å². The fourth-order valence-electron chi connectivity index (χ4n) is 7.03. The highest BCUT2D eigenvalue weighted by Gasteiger charge is 2.52. The van der Waals surface area contributed by atoms with Gasteiger partial charge < -0.3 is 14.3 Å². The highest BCUT2D eigenvalue weighted by Crippen LogP contribution is 2.57. The van der Waals surface area contributed by atoms with Crippen LogP contribution in [-0.4, -0.2) is 47.8 Å². The van der Waals surface area contributed by atoms with Crippen LogP contribution in [0.2, 0.25) is 18.1 Å². The summed E-state index contributed by atoms with van der Waals surface area (Å²) in [5.41, 5.74) is 0.0726. The topological polar surface area (TPSA) is 82.1 Å². The van der Waals surface area contributed by atoms with E-state index in [9.17, 15) is 13.5 Å². The van der Waals surface area contributed by atoms with Crippen molar-refractivity contribution in [2.75, 3.05) is 19.8 Å². The number of benzene rings is 1. The maximum atomic E-state index is 12.9. The lowest BCUT2D eigenvalue weighted by molar-refractivity contribution is -0.0307. The third-order valence-electron chi connectivity index (χ3n) is 10.8. The average molecular weight is 625 g/mol. The summed E-state index contributed by atoms with van der Waals surface area (Å²) in [5.74, 6) is 1.50. The minimum absolute atomic E-state index is 0.0726. The Balaban J connectivity index is 1.28.